The van der Waals surface area contributed by atoms with Gasteiger partial charge >= 0.3 is 0 Å². The van der Waals surface area contributed by atoms with Crippen molar-refractivity contribution in [2.24, 2.45) is 5.92 Å². The summed E-state index contributed by atoms with van der Waals surface area (Å²) in [5.41, 5.74) is 7.38. The molecule has 0 atom stereocenters. The number of hydrogen-bond donors (Lipinski definition) is 3. The Kier molecular flexibility index (Phi) is 18.2. The number of likely N-dealkylation sites (N-methyl/N-ethyl adjacent to an activating group) is 1. The van der Waals surface area contributed by atoms with Gasteiger partial charge in [-0.25, -0.2) is 14.5 Å². The lowest BCUT2D eigenvalue weighted by molar-refractivity contribution is -0.119. The van der Waals surface area contributed by atoms with E-state index in [4.69, 9.17) is 0 Å². The molecule has 2 aromatic heterocycles. The Hall–Kier alpha value is -6.90. The van der Waals surface area contributed by atoms with Crippen molar-refractivity contribution in [3.05, 3.63) is 159 Å². The molecule has 14 heteroatoms. The molecule has 0 radical (unpaired) electrons. The third-order valence-electron chi connectivity index (χ3n) is 12.2. The van der Waals surface area contributed by atoms with Crippen molar-refractivity contribution in [1.82, 2.24) is 35.2 Å². The van der Waals surface area contributed by atoms with Crippen molar-refractivity contribution in [3.8, 4) is 11.1 Å². The highest BCUT2D eigenvalue weighted by atomic mass is 19.1. The van der Waals surface area contributed by atoms with Crippen LogP contribution in [0.4, 0.5) is 10.1 Å². The van der Waals surface area contributed by atoms with Gasteiger partial charge in [0, 0.05) is 69.4 Å². The zero-order valence-electron chi connectivity index (χ0n) is 38.9. The van der Waals surface area contributed by atoms with E-state index in [0.717, 1.165) is 99.0 Å². The van der Waals surface area contributed by atoms with E-state index in [1.807, 2.05) is 47.4 Å². The lowest BCUT2D eigenvalue weighted by Gasteiger charge is -2.31. The zero-order valence-corrected chi connectivity index (χ0v) is 38.9. The van der Waals surface area contributed by atoms with E-state index in [0.29, 0.717) is 47.6 Å². The number of piperazine rings is 1. The molecule has 4 heterocycles. The number of aromatic nitrogens is 3. The summed E-state index contributed by atoms with van der Waals surface area (Å²) in [4.78, 5) is 69.6. The Morgan fingerprint density at radius 1 is 0.821 bits per heavy atom. The lowest BCUT2D eigenvalue weighted by atomic mass is 9.94. The van der Waals surface area contributed by atoms with Gasteiger partial charge in [0.15, 0.2) is 12.0 Å². The number of aryl methyl sites for hydroxylation is 2. The molecule has 0 bridgehead atoms. The highest BCUT2D eigenvalue weighted by molar-refractivity contribution is 6.03. The number of rotatable bonds is 13. The molecule has 2 aliphatic rings. The van der Waals surface area contributed by atoms with Gasteiger partial charge in [0.1, 0.15) is 5.82 Å². The molecule has 350 valence electrons. The number of nitrogens with zero attached hydrogens (tertiary/aromatic N) is 5. The van der Waals surface area contributed by atoms with Gasteiger partial charge in [-0.2, -0.15) is 5.10 Å². The molecule has 67 heavy (non-hydrogen) atoms. The first-order chi connectivity index (χ1) is 32.5. The largest absolute Gasteiger partial charge is 0.343 e. The van der Waals surface area contributed by atoms with E-state index < -0.39 is 5.82 Å². The maximum atomic E-state index is 13.5. The minimum Gasteiger partial charge on any atom is -0.343 e. The number of aldehydes is 1. The van der Waals surface area contributed by atoms with E-state index in [2.05, 4.69) is 82.8 Å². The molecular weight excluding hydrogens is 848 g/mol. The van der Waals surface area contributed by atoms with Gasteiger partial charge in [0.05, 0.1) is 28.9 Å². The van der Waals surface area contributed by atoms with Crippen LogP contribution in [0.15, 0.2) is 108 Å². The van der Waals surface area contributed by atoms with Crippen LogP contribution in [-0.2, 0) is 29.0 Å². The number of H-pyrrole nitrogens is 1. The van der Waals surface area contributed by atoms with E-state index in [1.165, 1.54) is 23.3 Å². The first kappa shape index (κ1) is 49.5. The highest BCUT2D eigenvalue weighted by Gasteiger charge is 2.26. The van der Waals surface area contributed by atoms with Crippen LogP contribution in [0.3, 0.4) is 0 Å². The quantitative estimate of drug-likeness (QED) is 0.100. The van der Waals surface area contributed by atoms with E-state index >= 15 is 0 Å². The Morgan fingerprint density at radius 2 is 1.55 bits per heavy atom. The van der Waals surface area contributed by atoms with Crippen molar-refractivity contribution in [1.29, 1.82) is 0 Å². The predicted octanol–water partition coefficient (Wildman–Crippen LogP) is 7.47. The molecule has 2 fully saturated rings. The van der Waals surface area contributed by atoms with E-state index in [-0.39, 0.29) is 29.5 Å². The minimum absolute atomic E-state index is 0.0150. The van der Waals surface area contributed by atoms with Crippen LogP contribution in [0.1, 0.15) is 81.9 Å². The standard InChI is InChI=1S/C31H38N4O2.C16H11FN2O2.C6H12N2O/c1-4-23-12-14-35(15-13-23)31(37)30-28(18-27(20-33-30)26-11-7-9-24(5-2)17-26)34-29(36)21-32-19-25-10-6-8-22(3)16-25;17-14-6-5-10(7-11(14)9-20)8-15-12-3-1-2-4-13(12)16(21)19-18-15;1-7-2-4-8(6-9)5-3-7/h6-11,16-18,20,23,32H,4-5,12-15,19,21H2,1-3H3,(H,34,36);1-7,9H,8H2,(H,19,21);6H,2-5H2,1H3. The monoisotopic (exact) mass is 908 g/mol. The molecule has 4 aromatic carbocycles. The topological polar surface area (TPSA) is 161 Å². The number of likely N-dealkylation sites (tertiary alicyclic amines) is 1. The number of fused-ring (bicyclic) bond motifs is 1. The van der Waals surface area contributed by atoms with Crippen LogP contribution in [0, 0.1) is 18.7 Å². The van der Waals surface area contributed by atoms with Crippen LogP contribution in [0.25, 0.3) is 21.9 Å². The first-order valence-electron chi connectivity index (χ1n) is 23.0. The maximum absolute atomic E-state index is 13.5. The second-order valence-corrected chi connectivity index (χ2v) is 17.1. The molecule has 3 amide bonds. The van der Waals surface area contributed by atoms with Crippen molar-refractivity contribution >= 4 is 41.0 Å². The number of aromatic amines is 1. The van der Waals surface area contributed by atoms with Gasteiger partial charge in [-0.3, -0.25) is 24.0 Å². The summed E-state index contributed by atoms with van der Waals surface area (Å²) in [6, 6.07) is 29.9. The van der Waals surface area contributed by atoms with Crippen molar-refractivity contribution in [2.75, 3.05) is 58.2 Å². The summed E-state index contributed by atoms with van der Waals surface area (Å²) in [5.74, 6) is -0.198. The number of carbonyl (C=O) groups is 4. The van der Waals surface area contributed by atoms with Gasteiger partial charge < -0.3 is 25.3 Å². The number of anilines is 1. The predicted molar refractivity (Wildman–Crippen MR) is 262 cm³/mol. The number of hydrogen-bond acceptors (Lipinski definition) is 9. The number of pyridine rings is 1. The van der Waals surface area contributed by atoms with Gasteiger partial charge in [-0.1, -0.05) is 98.6 Å². The summed E-state index contributed by atoms with van der Waals surface area (Å²) in [6.45, 7) is 12.4. The number of carbonyl (C=O) groups excluding carboxylic acids is 4. The molecule has 0 unspecified atom stereocenters. The molecule has 0 spiro atoms. The van der Waals surface area contributed by atoms with Crippen LogP contribution in [0.2, 0.25) is 0 Å². The van der Waals surface area contributed by atoms with Crippen molar-refractivity contribution in [3.63, 3.8) is 0 Å². The molecule has 3 N–H and O–H groups in total. The average Bonchev–Trinajstić information content (AvgIpc) is 3.36. The summed E-state index contributed by atoms with van der Waals surface area (Å²) in [6.07, 6.45) is 7.64. The molecule has 6 aromatic rings. The van der Waals surface area contributed by atoms with E-state index in [1.54, 1.807) is 29.3 Å². The number of amides is 3. The van der Waals surface area contributed by atoms with Gasteiger partial charge in [-0.05, 0) is 85.7 Å². The number of piperidine rings is 1. The Balaban J connectivity index is 0.000000205. The molecule has 8 rings (SSSR count). The maximum Gasteiger partial charge on any atom is 0.274 e. The molecule has 13 nitrogen and oxygen atoms in total. The van der Waals surface area contributed by atoms with Gasteiger partial charge in [0.2, 0.25) is 12.3 Å². The highest BCUT2D eigenvalue weighted by Crippen LogP contribution is 2.28. The van der Waals surface area contributed by atoms with Crippen LogP contribution < -0.4 is 16.2 Å². The summed E-state index contributed by atoms with van der Waals surface area (Å²) >= 11 is 0. The lowest BCUT2D eigenvalue weighted by Crippen LogP contribution is -2.43. The second kappa shape index (κ2) is 24.6. The fourth-order valence-electron chi connectivity index (χ4n) is 8.11. The van der Waals surface area contributed by atoms with Crippen molar-refractivity contribution < 1.29 is 23.6 Å². The molecule has 2 saturated heterocycles. The summed E-state index contributed by atoms with van der Waals surface area (Å²) < 4.78 is 13.3. The van der Waals surface area contributed by atoms with Crippen molar-refractivity contribution in [2.45, 2.75) is 59.4 Å². The Morgan fingerprint density at radius 3 is 2.25 bits per heavy atom. The molecule has 0 saturated carbocycles. The summed E-state index contributed by atoms with van der Waals surface area (Å²) in [7, 11) is 2.07. The molecular formula is C53H61FN8O5. The molecule has 0 aliphatic carbocycles. The smallest absolute Gasteiger partial charge is 0.274 e. The SMILES string of the molecule is CCc1cccc(-c2cnc(C(=O)N3CCC(CC)CC3)c(NC(=O)CNCc3cccc(C)c3)c2)c1.CN1CCN(C=O)CC1.O=Cc1cc(Cc2n[nH]c(=O)c3ccccc23)ccc1F. The summed E-state index contributed by atoms with van der Waals surface area (Å²) in [5, 5.41) is 14.0. The Labute approximate surface area is 391 Å². The third kappa shape index (κ3) is 14.1. The average molecular weight is 909 g/mol. The number of nitrogens with one attached hydrogen (secondary N) is 3. The molecule has 2 aliphatic heterocycles. The van der Waals surface area contributed by atoms with Crippen LogP contribution >= 0.6 is 0 Å². The third-order valence-corrected chi connectivity index (χ3v) is 12.2. The van der Waals surface area contributed by atoms with E-state index in [9.17, 15) is 28.4 Å². The number of benzene rings is 4. The fourth-order valence-corrected chi connectivity index (χ4v) is 8.11. The van der Waals surface area contributed by atoms with Crippen LogP contribution in [0.5, 0.6) is 0 Å². The van der Waals surface area contributed by atoms with Crippen LogP contribution in [-0.4, -0.2) is 107 Å². The second-order valence-electron chi connectivity index (χ2n) is 17.1. The zero-order chi connectivity index (χ0) is 47.7. The normalized spacial score (nSPS) is 14.0. The first-order valence-corrected chi connectivity index (χ1v) is 23.0. The van der Waals surface area contributed by atoms with Gasteiger partial charge in [0.25, 0.3) is 11.5 Å². The minimum atomic E-state index is -0.548. The number of halogens is 1. The van der Waals surface area contributed by atoms with Gasteiger partial charge in [-0.15, -0.1) is 0 Å². The fraction of sp³-hybridized carbons (Fsp3) is 0.340. The Bertz CT molecular complexity index is 2690.